The lowest BCUT2D eigenvalue weighted by Crippen LogP contribution is -2.53. The summed E-state index contributed by atoms with van der Waals surface area (Å²) in [5.41, 5.74) is 2.87. The molecule has 0 heterocycles. The molecule has 8 unspecified atom stereocenters. The normalized spacial score (nSPS) is 42.6. The van der Waals surface area contributed by atoms with Crippen LogP contribution >= 0.6 is 15.9 Å². The summed E-state index contributed by atoms with van der Waals surface area (Å²) in [5.74, 6) is 6.74. The molecule has 184 valence electrons. The van der Waals surface area contributed by atoms with Gasteiger partial charge in [-0.3, -0.25) is 0 Å². The minimum Gasteiger partial charge on any atom is -0.0628 e. The summed E-state index contributed by atoms with van der Waals surface area (Å²) in [6, 6.07) is 9.27. The smallest absolute Gasteiger partial charge is 0.0175 e. The highest BCUT2D eigenvalue weighted by Crippen LogP contribution is 2.68. The number of benzene rings is 1. The average molecular weight is 514 g/mol. The first-order valence-corrected chi connectivity index (χ1v) is 15.4. The van der Waals surface area contributed by atoms with E-state index >= 15 is 0 Å². The molecule has 4 saturated carbocycles. The van der Waals surface area contributed by atoms with Crippen molar-refractivity contribution in [2.75, 3.05) is 0 Å². The van der Waals surface area contributed by atoms with Crippen LogP contribution in [0.2, 0.25) is 0 Å². The standard InChI is InChI=1S/C32H49Br/c1-22(2)7-5-6-8-25-12-16-29-28-15-11-26-21-24(23-9-13-27(33)14-10-23)17-19-32(26,4)30(28)18-20-31(25,29)3/h9-10,13-14,22,24-26,28-30H,5-8,11-12,15-21H2,1-4H3. The van der Waals surface area contributed by atoms with Crippen LogP contribution in [0.3, 0.4) is 0 Å². The minimum atomic E-state index is 0.617. The summed E-state index contributed by atoms with van der Waals surface area (Å²) in [6.45, 7) is 10.3. The topological polar surface area (TPSA) is 0 Å². The fourth-order valence-electron chi connectivity index (χ4n) is 9.82. The fourth-order valence-corrected chi connectivity index (χ4v) is 10.1. The van der Waals surface area contributed by atoms with Crippen LogP contribution < -0.4 is 0 Å². The Bertz CT molecular complexity index is 795. The second kappa shape index (κ2) is 9.63. The van der Waals surface area contributed by atoms with Crippen molar-refractivity contribution in [1.29, 1.82) is 0 Å². The molecule has 0 aliphatic heterocycles. The van der Waals surface area contributed by atoms with Crippen molar-refractivity contribution < 1.29 is 0 Å². The molecule has 5 rings (SSSR count). The van der Waals surface area contributed by atoms with Crippen LogP contribution in [0.1, 0.15) is 123 Å². The molecule has 1 heteroatoms. The van der Waals surface area contributed by atoms with Gasteiger partial charge < -0.3 is 0 Å². The highest BCUT2D eigenvalue weighted by atomic mass is 79.9. The first-order valence-electron chi connectivity index (χ1n) is 14.6. The zero-order chi connectivity index (χ0) is 23.2. The maximum atomic E-state index is 3.63. The van der Waals surface area contributed by atoms with E-state index in [0.717, 1.165) is 41.4 Å². The van der Waals surface area contributed by atoms with Crippen LogP contribution in [-0.2, 0) is 0 Å². The molecule has 1 aromatic carbocycles. The van der Waals surface area contributed by atoms with Gasteiger partial charge in [0.05, 0.1) is 0 Å². The van der Waals surface area contributed by atoms with E-state index in [1.807, 2.05) is 0 Å². The van der Waals surface area contributed by atoms with Gasteiger partial charge in [-0.1, -0.05) is 75.0 Å². The van der Waals surface area contributed by atoms with E-state index in [4.69, 9.17) is 0 Å². The quantitative estimate of drug-likeness (QED) is 0.332. The molecule has 0 nitrogen and oxygen atoms in total. The third-order valence-electron chi connectivity index (χ3n) is 11.8. The Morgan fingerprint density at radius 3 is 2.33 bits per heavy atom. The number of rotatable bonds is 6. The molecule has 0 aromatic heterocycles. The van der Waals surface area contributed by atoms with Crippen molar-refractivity contribution in [3.63, 3.8) is 0 Å². The SMILES string of the molecule is CC(C)CCCCC1CCC2C3CCC4CC(c5ccc(Br)cc5)CCC4(C)C3CCC12C. The van der Waals surface area contributed by atoms with E-state index in [9.17, 15) is 0 Å². The maximum Gasteiger partial charge on any atom is 0.0175 e. The van der Waals surface area contributed by atoms with E-state index in [1.165, 1.54) is 81.5 Å². The van der Waals surface area contributed by atoms with Gasteiger partial charge in [0.2, 0.25) is 0 Å². The van der Waals surface area contributed by atoms with Crippen LogP contribution in [0, 0.1) is 46.3 Å². The van der Waals surface area contributed by atoms with Crippen LogP contribution in [0.25, 0.3) is 0 Å². The predicted octanol–water partition coefficient (Wildman–Crippen LogP) is 10.4. The molecule has 0 saturated heterocycles. The summed E-state index contributed by atoms with van der Waals surface area (Å²) in [7, 11) is 0. The van der Waals surface area contributed by atoms with Gasteiger partial charge in [0, 0.05) is 4.47 Å². The van der Waals surface area contributed by atoms with Crippen molar-refractivity contribution >= 4 is 15.9 Å². The Balaban J connectivity index is 1.25. The Labute approximate surface area is 213 Å². The molecule has 4 fully saturated rings. The van der Waals surface area contributed by atoms with Gasteiger partial charge in [-0.25, -0.2) is 0 Å². The Morgan fingerprint density at radius 2 is 1.58 bits per heavy atom. The molecular formula is C32H49Br. The van der Waals surface area contributed by atoms with Crippen molar-refractivity contribution in [1.82, 2.24) is 0 Å². The summed E-state index contributed by atoms with van der Waals surface area (Å²) >= 11 is 3.63. The van der Waals surface area contributed by atoms with Crippen molar-refractivity contribution in [2.45, 2.75) is 117 Å². The van der Waals surface area contributed by atoms with Crippen molar-refractivity contribution in [2.24, 2.45) is 46.3 Å². The van der Waals surface area contributed by atoms with Gasteiger partial charge in [0.1, 0.15) is 0 Å². The zero-order valence-electron chi connectivity index (χ0n) is 21.9. The molecule has 0 bridgehead atoms. The molecule has 1 aromatic rings. The largest absolute Gasteiger partial charge is 0.0628 e. The average Bonchev–Trinajstić information content (AvgIpc) is 3.13. The summed E-state index contributed by atoms with van der Waals surface area (Å²) < 4.78 is 1.22. The van der Waals surface area contributed by atoms with Crippen LogP contribution in [0.5, 0.6) is 0 Å². The Morgan fingerprint density at radius 1 is 0.848 bits per heavy atom. The molecule has 4 aliphatic rings. The third kappa shape index (κ3) is 4.51. The lowest BCUT2D eigenvalue weighted by Gasteiger charge is -2.61. The van der Waals surface area contributed by atoms with Gasteiger partial charge >= 0.3 is 0 Å². The number of halogens is 1. The number of hydrogen-bond acceptors (Lipinski definition) is 0. The molecule has 0 N–H and O–H groups in total. The van der Waals surface area contributed by atoms with Gasteiger partial charge in [-0.05, 0) is 134 Å². The molecule has 33 heavy (non-hydrogen) atoms. The maximum absolute atomic E-state index is 3.63. The van der Waals surface area contributed by atoms with Crippen LogP contribution in [-0.4, -0.2) is 0 Å². The molecule has 8 atom stereocenters. The molecule has 0 radical (unpaired) electrons. The molecule has 4 aliphatic carbocycles. The van der Waals surface area contributed by atoms with Gasteiger partial charge in [-0.15, -0.1) is 0 Å². The first-order chi connectivity index (χ1) is 15.8. The number of unbranched alkanes of at least 4 members (excludes halogenated alkanes) is 1. The lowest BCUT2D eigenvalue weighted by molar-refractivity contribution is -0.114. The zero-order valence-corrected chi connectivity index (χ0v) is 23.5. The summed E-state index contributed by atoms with van der Waals surface area (Å²) in [4.78, 5) is 0. The second-order valence-corrected chi connectivity index (χ2v) is 14.6. The van der Waals surface area contributed by atoms with Crippen LogP contribution in [0.15, 0.2) is 28.7 Å². The summed E-state index contributed by atoms with van der Waals surface area (Å²) in [5, 5.41) is 0. The van der Waals surface area contributed by atoms with E-state index < -0.39 is 0 Å². The van der Waals surface area contributed by atoms with Crippen molar-refractivity contribution in [3.05, 3.63) is 34.3 Å². The van der Waals surface area contributed by atoms with E-state index in [-0.39, 0.29) is 0 Å². The highest BCUT2D eigenvalue weighted by Gasteiger charge is 2.59. The van der Waals surface area contributed by atoms with Crippen molar-refractivity contribution in [3.8, 4) is 0 Å². The Hall–Kier alpha value is -0.300. The van der Waals surface area contributed by atoms with Gasteiger partial charge in [-0.2, -0.15) is 0 Å². The van der Waals surface area contributed by atoms with E-state index in [2.05, 4.69) is 67.9 Å². The van der Waals surface area contributed by atoms with E-state index in [1.54, 1.807) is 12.0 Å². The number of fused-ring (bicyclic) bond motifs is 5. The monoisotopic (exact) mass is 512 g/mol. The molecule has 0 amide bonds. The third-order valence-corrected chi connectivity index (χ3v) is 12.3. The minimum absolute atomic E-state index is 0.617. The second-order valence-electron chi connectivity index (χ2n) is 13.7. The first kappa shape index (κ1) is 24.4. The van der Waals surface area contributed by atoms with E-state index in [0.29, 0.717) is 10.8 Å². The molecule has 0 spiro atoms. The van der Waals surface area contributed by atoms with Gasteiger partial charge in [0.15, 0.2) is 0 Å². The number of hydrogen-bond donors (Lipinski definition) is 0. The Kier molecular flexibility index (Phi) is 7.12. The fraction of sp³-hybridized carbons (Fsp3) is 0.812. The van der Waals surface area contributed by atoms with Gasteiger partial charge in [0.25, 0.3) is 0 Å². The van der Waals surface area contributed by atoms with Crippen LogP contribution in [0.4, 0.5) is 0 Å². The lowest BCUT2D eigenvalue weighted by atomic mass is 9.44. The summed E-state index contributed by atoms with van der Waals surface area (Å²) in [6.07, 6.45) is 19.4. The highest BCUT2D eigenvalue weighted by molar-refractivity contribution is 9.10. The predicted molar refractivity (Wildman–Crippen MR) is 145 cm³/mol. The molecular weight excluding hydrogens is 464 g/mol.